The third-order valence-corrected chi connectivity index (χ3v) is 2.36. The number of fused-ring (bicyclic) bond motifs is 1. The Morgan fingerprint density at radius 3 is 2.29 bits per heavy atom. The molecule has 0 aliphatic carbocycles. The molecule has 0 fully saturated rings. The van der Waals surface area contributed by atoms with E-state index < -0.39 is 0 Å². The molecule has 2 aromatic rings. The van der Waals surface area contributed by atoms with Gasteiger partial charge in [-0.2, -0.15) is 0 Å². The molecule has 0 N–H and O–H groups in total. The first-order valence-corrected chi connectivity index (χ1v) is 5.19. The van der Waals surface area contributed by atoms with Crippen LogP contribution in [0.15, 0.2) is 48.8 Å². The monoisotopic (exact) mass is 205 g/mol. The molecule has 72 valence electrons. The fourth-order valence-electron chi connectivity index (χ4n) is 1.51. The predicted octanol–water partition coefficient (Wildman–Crippen LogP) is 3.44. The van der Waals surface area contributed by atoms with Crippen LogP contribution in [0.3, 0.4) is 0 Å². The van der Waals surface area contributed by atoms with Crippen molar-refractivity contribution in [2.24, 2.45) is 0 Å². The minimum Gasteiger partial charge on any atom is -0.349 e. The molecule has 2 rings (SSSR count). The standard InChI is InChI=1S/C12H12ClN/c13-7-3-4-8-14-9-11-5-1-2-6-12(11)10-14/h1-6,9-10H,7-8H2. The molecule has 14 heavy (non-hydrogen) atoms. The predicted molar refractivity (Wildman–Crippen MR) is 61.8 cm³/mol. The van der Waals surface area contributed by atoms with Gasteiger partial charge in [0, 0.05) is 24.8 Å². The molecule has 0 aliphatic rings. The number of nitrogens with zero attached hydrogens (tertiary/aromatic N) is 1. The minimum atomic E-state index is 0.584. The number of aromatic nitrogens is 1. The largest absolute Gasteiger partial charge is 0.349 e. The van der Waals surface area contributed by atoms with E-state index in [4.69, 9.17) is 11.6 Å². The van der Waals surface area contributed by atoms with Crippen molar-refractivity contribution in [2.75, 3.05) is 5.88 Å². The molecule has 0 saturated heterocycles. The normalized spacial score (nSPS) is 11.5. The molecule has 1 aromatic heterocycles. The Bertz CT molecular complexity index is 409. The molecule has 2 heteroatoms. The van der Waals surface area contributed by atoms with Gasteiger partial charge in [-0.3, -0.25) is 0 Å². The highest BCUT2D eigenvalue weighted by Gasteiger charge is 1.94. The lowest BCUT2D eigenvalue weighted by atomic mass is 10.2. The van der Waals surface area contributed by atoms with Crippen LogP contribution in [0.1, 0.15) is 0 Å². The average Bonchev–Trinajstić information content (AvgIpc) is 2.60. The van der Waals surface area contributed by atoms with Crippen LogP contribution in [0, 0.1) is 0 Å². The fourth-order valence-corrected chi connectivity index (χ4v) is 1.63. The van der Waals surface area contributed by atoms with Gasteiger partial charge in [0.1, 0.15) is 0 Å². The fraction of sp³-hybridized carbons (Fsp3) is 0.167. The van der Waals surface area contributed by atoms with Crippen LogP contribution in [0.5, 0.6) is 0 Å². The van der Waals surface area contributed by atoms with Crippen LogP contribution in [-0.2, 0) is 6.54 Å². The summed E-state index contributed by atoms with van der Waals surface area (Å²) in [5.41, 5.74) is 0. The second kappa shape index (κ2) is 4.34. The van der Waals surface area contributed by atoms with E-state index in [1.54, 1.807) is 0 Å². The number of halogens is 1. The molecule has 0 spiro atoms. The molecule has 0 saturated carbocycles. The van der Waals surface area contributed by atoms with Gasteiger partial charge in [-0.25, -0.2) is 0 Å². The molecule has 0 aliphatic heterocycles. The van der Waals surface area contributed by atoms with Crippen molar-refractivity contribution in [3.63, 3.8) is 0 Å². The van der Waals surface area contributed by atoms with Gasteiger partial charge in [0.25, 0.3) is 0 Å². The molecular formula is C12H12ClN. The minimum absolute atomic E-state index is 0.584. The zero-order valence-electron chi connectivity index (χ0n) is 7.86. The first-order valence-electron chi connectivity index (χ1n) is 4.65. The lowest BCUT2D eigenvalue weighted by Gasteiger charge is -1.93. The molecule has 0 radical (unpaired) electrons. The lowest BCUT2D eigenvalue weighted by molar-refractivity contribution is 0.833. The highest BCUT2D eigenvalue weighted by Crippen LogP contribution is 2.14. The van der Waals surface area contributed by atoms with E-state index in [0.29, 0.717) is 5.88 Å². The summed E-state index contributed by atoms with van der Waals surface area (Å²) in [6.07, 6.45) is 8.33. The van der Waals surface area contributed by atoms with E-state index in [1.165, 1.54) is 10.8 Å². The van der Waals surface area contributed by atoms with Crippen molar-refractivity contribution >= 4 is 22.4 Å². The molecule has 1 heterocycles. The summed E-state index contributed by atoms with van der Waals surface area (Å²) in [5.74, 6) is 0.584. The maximum absolute atomic E-state index is 5.55. The van der Waals surface area contributed by atoms with Gasteiger partial charge >= 0.3 is 0 Å². The molecule has 1 aromatic carbocycles. The van der Waals surface area contributed by atoms with Crippen molar-refractivity contribution in [1.82, 2.24) is 4.57 Å². The Labute approximate surface area is 88.6 Å². The van der Waals surface area contributed by atoms with Crippen LogP contribution < -0.4 is 0 Å². The van der Waals surface area contributed by atoms with E-state index in [0.717, 1.165) is 6.54 Å². The third-order valence-electron chi connectivity index (χ3n) is 2.18. The maximum atomic E-state index is 5.55. The number of rotatable bonds is 3. The Hall–Kier alpha value is -1.21. The van der Waals surface area contributed by atoms with Gasteiger partial charge in [-0.1, -0.05) is 36.4 Å². The van der Waals surface area contributed by atoms with Crippen molar-refractivity contribution in [1.29, 1.82) is 0 Å². The quantitative estimate of drug-likeness (QED) is 0.535. The Kier molecular flexibility index (Phi) is 2.90. The zero-order valence-corrected chi connectivity index (χ0v) is 8.61. The number of allylic oxidation sites excluding steroid dienone is 2. The summed E-state index contributed by atoms with van der Waals surface area (Å²) >= 11 is 5.55. The number of hydrogen-bond donors (Lipinski definition) is 0. The van der Waals surface area contributed by atoms with Crippen molar-refractivity contribution < 1.29 is 0 Å². The van der Waals surface area contributed by atoms with E-state index in [2.05, 4.69) is 47.3 Å². The average molecular weight is 206 g/mol. The van der Waals surface area contributed by atoms with Crippen LogP contribution >= 0.6 is 11.6 Å². The van der Waals surface area contributed by atoms with Crippen LogP contribution in [-0.4, -0.2) is 10.4 Å². The SMILES string of the molecule is ClCC=CCn1cc2ccccc2c1. The Balaban J connectivity index is 2.23. The zero-order chi connectivity index (χ0) is 9.80. The van der Waals surface area contributed by atoms with E-state index in [9.17, 15) is 0 Å². The van der Waals surface area contributed by atoms with E-state index >= 15 is 0 Å². The summed E-state index contributed by atoms with van der Waals surface area (Å²) in [4.78, 5) is 0. The van der Waals surface area contributed by atoms with Crippen LogP contribution in [0.2, 0.25) is 0 Å². The first-order chi connectivity index (χ1) is 6.90. The second-order valence-electron chi connectivity index (χ2n) is 3.21. The van der Waals surface area contributed by atoms with Gasteiger partial charge in [-0.15, -0.1) is 11.6 Å². The third kappa shape index (κ3) is 1.99. The van der Waals surface area contributed by atoms with Gasteiger partial charge in [-0.05, 0) is 10.8 Å². The molecule has 0 amide bonds. The summed E-state index contributed by atoms with van der Waals surface area (Å²) in [6, 6.07) is 8.36. The van der Waals surface area contributed by atoms with Gasteiger partial charge in [0.15, 0.2) is 0 Å². The number of alkyl halides is 1. The molecule has 1 nitrogen and oxygen atoms in total. The smallest absolute Gasteiger partial charge is 0.0404 e. The summed E-state index contributed by atoms with van der Waals surface area (Å²) in [5, 5.41) is 2.57. The second-order valence-corrected chi connectivity index (χ2v) is 3.52. The molecular weight excluding hydrogens is 194 g/mol. The topological polar surface area (TPSA) is 4.93 Å². The van der Waals surface area contributed by atoms with Gasteiger partial charge < -0.3 is 4.57 Å². The van der Waals surface area contributed by atoms with Gasteiger partial charge in [0.2, 0.25) is 0 Å². The van der Waals surface area contributed by atoms with Gasteiger partial charge in [0.05, 0.1) is 0 Å². The van der Waals surface area contributed by atoms with Crippen molar-refractivity contribution in [2.45, 2.75) is 6.54 Å². The first kappa shape index (κ1) is 9.35. The van der Waals surface area contributed by atoms with Crippen molar-refractivity contribution in [3.05, 3.63) is 48.8 Å². The maximum Gasteiger partial charge on any atom is 0.0404 e. The Morgan fingerprint density at radius 1 is 1.07 bits per heavy atom. The lowest BCUT2D eigenvalue weighted by Crippen LogP contribution is -1.88. The summed E-state index contributed by atoms with van der Waals surface area (Å²) < 4.78 is 2.16. The Morgan fingerprint density at radius 2 is 1.71 bits per heavy atom. The van der Waals surface area contributed by atoms with E-state index in [1.807, 2.05) is 6.08 Å². The van der Waals surface area contributed by atoms with Crippen LogP contribution in [0.4, 0.5) is 0 Å². The highest BCUT2D eigenvalue weighted by molar-refractivity contribution is 6.18. The summed E-state index contributed by atoms with van der Waals surface area (Å²) in [7, 11) is 0. The molecule has 0 atom stereocenters. The molecule has 0 bridgehead atoms. The number of hydrogen-bond acceptors (Lipinski definition) is 0. The summed E-state index contributed by atoms with van der Waals surface area (Å²) in [6.45, 7) is 0.890. The highest BCUT2D eigenvalue weighted by atomic mass is 35.5. The molecule has 0 unspecified atom stereocenters. The van der Waals surface area contributed by atoms with Crippen LogP contribution in [0.25, 0.3) is 10.8 Å². The number of benzene rings is 1. The van der Waals surface area contributed by atoms with Crippen molar-refractivity contribution in [3.8, 4) is 0 Å². The van der Waals surface area contributed by atoms with E-state index in [-0.39, 0.29) is 0 Å².